The van der Waals surface area contributed by atoms with E-state index in [-0.39, 0.29) is 0 Å². The van der Waals surface area contributed by atoms with Crippen molar-refractivity contribution < 1.29 is 0 Å². The summed E-state index contributed by atoms with van der Waals surface area (Å²) in [5.74, 6) is 0. The van der Waals surface area contributed by atoms with Gasteiger partial charge in [0.15, 0.2) is 0 Å². The first-order chi connectivity index (χ1) is 7.88. The zero-order valence-corrected chi connectivity index (χ0v) is 8.80. The van der Waals surface area contributed by atoms with Gasteiger partial charge in [-0.25, -0.2) is 0 Å². The average Bonchev–Trinajstić information content (AvgIpc) is 2.88. The molecule has 0 saturated heterocycles. The van der Waals surface area contributed by atoms with E-state index in [1.807, 2.05) is 54.9 Å². The maximum atomic E-state index is 5.72. The number of anilines is 1. The second-order valence-corrected chi connectivity index (χ2v) is 3.30. The van der Waals surface area contributed by atoms with Crippen LogP contribution in [0.4, 0.5) is 5.69 Å². The second kappa shape index (κ2) is 4.98. The summed E-state index contributed by atoms with van der Waals surface area (Å²) in [4.78, 5) is 7.02. The van der Waals surface area contributed by atoms with Crippen molar-refractivity contribution in [3.8, 4) is 0 Å². The molecule has 0 radical (unpaired) electrons. The van der Waals surface area contributed by atoms with Crippen LogP contribution in [0, 0.1) is 0 Å². The molecule has 80 valence electrons. The van der Waals surface area contributed by atoms with Gasteiger partial charge in [0, 0.05) is 29.7 Å². The van der Waals surface area contributed by atoms with E-state index >= 15 is 0 Å². The second-order valence-electron chi connectivity index (χ2n) is 3.30. The normalized spacial score (nSPS) is 9.50. The summed E-state index contributed by atoms with van der Waals surface area (Å²) in [6, 6.07) is 13.5. The van der Waals surface area contributed by atoms with Crippen molar-refractivity contribution in [1.82, 2.24) is 9.97 Å². The average molecular weight is 211 g/mol. The van der Waals surface area contributed by atoms with Gasteiger partial charge in [-0.2, -0.15) is 0 Å². The monoisotopic (exact) mass is 211 g/mol. The Morgan fingerprint density at radius 1 is 0.938 bits per heavy atom. The van der Waals surface area contributed by atoms with E-state index in [2.05, 4.69) is 9.97 Å². The molecule has 0 amide bonds. The summed E-state index contributed by atoms with van der Waals surface area (Å²) in [7, 11) is 0. The van der Waals surface area contributed by atoms with Gasteiger partial charge in [0.05, 0.1) is 5.52 Å². The number of H-pyrrole nitrogens is 1. The van der Waals surface area contributed by atoms with Crippen molar-refractivity contribution in [2.24, 2.45) is 0 Å². The van der Waals surface area contributed by atoms with Crippen molar-refractivity contribution >= 4 is 16.6 Å². The standard InChI is InChI=1S/C9H8N2.C4H5N/c10-8-5-6-11-9-4-2-1-3-7(8)9;1-2-4-5-3-1/h1-6H,(H2,10,11);1-5H. The number of nitrogens with two attached hydrogens (primary N) is 1. The molecule has 2 heterocycles. The Labute approximate surface area is 93.9 Å². The third kappa shape index (κ3) is 2.39. The molecule has 3 heteroatoms. The molecule has 1 aromatic carbocycles. The van der Waals surface area contributed by atoms with E-state index in [0.29, 0.717) is 0 Å². The molecule has 0 unspecified atom stereocenters. The number of para-hydroxylation sites is 1. The number of hydrogen-bond acceptors (Lipinski definition) is 2. The van der Waals surface area contributed by atoms with Gasteiger partial charge in [-0.15, -0.1) is 0 Å². The number of nitrogens with one attached hydrogen (secondary N) is 1. The Bertz CT molecular complexity index is 521. The van der Waals surface area contributed by atoms with Crippen LogP contribution >= 0.6 is 0 Å². The highest BCUT2D eigenvalue weighted by atomic mass is 14.7. The van der Waals surface area contributed by atoms with E-state index < -0.39 is 0 Å². The van der Waals surface area contributed by atoms with Crippen LogP contribution in [0.1, 0.15) is 0 Å². The summed E-state index contributed by atoms with van der Waals surface area (Å²) < 4.78 is 0. The number of hydrogen-bond donors (Lipinski definition) is 2. The van der Waals surface area contributed by atoms with Gasteiger partial charge in [0.2, 0.25) is 0 Å². The molecule has 0 fully saturated rings. The molecule has 0 saturated carbocycles. The molecule has 0 spiro atoms. The Kier molecular flexibility index (Phi) is 3.18. The van der Waals surface area contributed by atoms with Crippen molar-refractivity contribution in [3.05, 3.63) is 61.1 Å². The van der Waals surface area contributed by atoms with Crippen molar-refractivity contribution in [2.75, 3.05) is 5.73 Å². The summed E-state index contributed by atoms with van der Waals surface area (Å²) in [6.07, 6.45) is 5.47. The summed E-state index contributed by atoms with van der Waals surface area (Å²) in [5.41, 5.74) is 7.46. The van der Waals surface area contributed by atoms with Crippen LogP contribution < -0.4 is 5.73 Å². The molecule has 0 aliphatic rings. The Morgan fingerprint density at radius 2 is 1.69 bits per heavy atom. The summed E-state index contributed by atoms with van der Waals surface area (Å²) in [5, 5.41) is 1.02. The third-order valence-corrected chi connectivity index (χ3v) is 2.18. The molecule has 3 aromatic rings. The minimum Gasteiger partial charge on any atom is -0.398 e. The zero-order valence-electron chi connectivity index (χ0n) is 8.80. The van der Waals surface area contributed by atoms with Crippen LogP contribution in [0.3, 0.4) is 0 Å². The highest BCUT2D eigenvalue weighted by Crippen LogP contribution is 2.16. The van der Waals surface area contributed by atoms with Crippen LogP contribution in [0.2, 0.25) is 0 Å². The number of nitrogens with zero attached hydrogens (tertiary/aromatic N) is 1. The van der Waals surface area contributed by atoms with Crippen LogP contribution in [0.25, 0.3) is 10.9 Å². The summed E-state index contributed by atoms with van der Waals surface area (Å²) in [6.45, 7) is 0. The zero-order chi connectivity index (χ0) is 11.2. The lowest BCUT2D eigenvalue weighted by atomic mass is 10.2. The SMILES string of the molecule is Nc1ccnc2ccccc12.c1cc[nH]c1. The van der Waals surface area contributed by atoms with Gasteiger partial charge in [-0.3, -0.25) is 4.98 Å². The Morgan fingerprint density at radius 3 is 2.31 bits per heavy atom. The van der Waals surface area contributed by atoms with Gasteiger partial charge >= 0.3 is 0 Å². The number of aromatic nitrogens is 2. The largest absolute Gasteiger partial charge is 0.398 e. The number of aromatic amines is 1. The fourth-order valence-electron chi connectivity index (χ4n) is 1.40. The summed E-state index contributed by atoms with van der Waals surface area (Å²) >= 11 is 0. The fraction of sp³-hybridized carbons (Fsp3) is 0. The predicted molar refractivity (Wildman–Crippen MR) is 66.9 cm³/mol. The molecule has 0 atom stereocenters. The molecular weight excluding hydrogens is 198 g/mol. The van der Waals surface area contributed by atoms with Crippen molar-refractivity contribution in [3.63, 3.8) is 0 Å². The van der Waals surface area contributed by atoms with Crippen molar-refractivity contribution in [1.29, 1.82) is 0 Å². The van der Waals surface area contributed by atoms with E-state index in [9.17, 15) is 0 Å². The minimum atomic E-state index is 0.788. The molecule has 3 nitrogen and oxygen atoms in total. The predicted octanol–water partition coefficient (Wildman–Crippen LogP) is 2.83. The maximum Gasteiger partial charge on any atom is 0.0722 e. The van der Waals surface area contributed by atoms with E-state index in [1.54, 1.807) is 6.20 Å². The lowest BCUT2D eigenvalue weighted by molar-refractivity contribution is 1.41. The first kappa shape index (κ1) is 10.2. The van der Waals surface area contributed by atoms with E-state index in [0.717, 1.165) is 16.6 Å². The minimum absolute atomic E-state index is 0.788. The van der Waals surface area contributed by atoms with Crippen LogP contribution in [0.15, 0.2) is 61.1 Å². The van der Waals surface area contributed by atoms with Gasteiger partial charge in [-0.05, 0) is 24.3 Å². The fourth-order valence-corrected chi connectivity index (χ4v) is 1.40. The molecule has 2 aromatic heterocycles. The van der Waals surface area contributed by atoms with Crippen LogP contribution in [-0.4, -0.2) is 9.97 Å². The quantitative estimate of drug-likeness (QED) is 0.600. The number of fused-ring (bicyclic) bond motifs is 1. The number of benzene rings is 1. The first-order valence-corrected chi connectivity index (χ1v) is 5.05. The Balaban J connectivity index is 0.000000162. The molecule has 0 aliphatic heterocycles. The van der Waals surface area contributed by atoms with E-state index in [4.69, 9.17) is 5.73 Å². The maximum absolute atomic E-state index is 5.72. The lowest BCUT2D eigenvalue weighted by Crippen LogP contribution is -1.87. The topological polar surface area (TPSA) is 54.7 Å². The first-order valence-electron chi connectivity index (χ1n) is 5.05. The molecular formula is C13H13N3. The van der Waals surface area contributed by atoms with Gasteiger partial charge in [-0.1, -0.05) is 18.2 Å². The molecule has 0 bridgehead atoms. The third-order valence-electron chi connectivity index (χ3n) is 2.18. The van der Waals surface area contributed by atoms with Gasteiger partial charge < -0.3 is 10.7 Å². The highest BCUT2D eigenvalue weighted by Gasteiger charge is 1.94. The molecule has 3 N–H and O–H groups in total. The number of rotatable bonds is 0. The Hall–Kier alpha value is -2.29. The number of pyridine rings is 1. The number of nitrogen functional groups attached to an aromatic ring is 1. The highest BCUT2D eigenvalue weighted by molar-refractivity contribution is 5.89. The van der Waals surface area contributed by atoms with Crippen LogP contribution in [-0.2, 0) is 0 Å². The van der Waals surface area contributed by atoms with E-state index in [1.165, 1.54) is 0 Å². The van der Waals surface area contributed by atoms with Crippen LogP contribution in [0.5, 0.6) is 0 Å². The van der Waals surface area contributed by atoms with Gasteiger partial charge in [0.25, 0.3) is 0 Å². The lowest BCUT2D eigenvalue weighted by Gasteiger charge is -1.97. The smallest absolute Gasteiger partial charge is 0.0722 e. The molecule has 0 aliphatic carbocycles. The van der Waals surface area contributed by atoms with Crippen molar-refractivity contribution in [2.45, 2.75) is 0 Å². The molecule has 3 rings (SSSR count). The molecule has 16 heavy (non-hydrogen) atoms. The van der Waals surface area contributed by atoms with Gasteiger partial charge in [0.1, 0.15) is 0 Å².